The summed E-state index contributed by atoms with van der Waals surface area (Å²) in [5, 5.41) is 2.89. The number of aryl methyl sites for hydroxylation is 1. The van der Waals surface area contributed by atoms with E-state index in [-0.39, 0.29) is 24.2 Å². The summed E-state index contributed by atoms with van der Waals surface area (Å²) in [6.07, 6.45) is 0.241. The second-order valence-corrected chi connectivity index (χ2v) is 6.52. The summed E-state index contributed by atoms with van der Waals surface area (Å²) in [6, 6.07) is 15.2. The molecule has 1 heterocycles. The molecule has 0 aliphatic carbocycles. The van der Waals surface area contributed by atoms with Gasteiger partial charge in [0.2, 0.25) is 11.8 Å². The molecule has 118 valence electrons. The minimum Gasteiger partial charge on any atom is -0.325 e. The molecule has 0 aromatic heterocycles. The number of rotatable bonds is 3. The number of amides is 2. The lowest BCUT2D eigenvalue weighted by Crippen LogP contribution is -2.28. The van der Waals surface area contributed by atoms with Gasteiger partial charge in [-0.15, -0.1) is 0 Å². The fraction of sp³-hybridized carbons (Fsp3) is 0.222. The van der Waals surface area contributed by atoms with E-state index in [1.807, 2.05) is 55.5 Å². The summed E-state index contributed by atoms with van der Waals surface area (Å²) in [6.45, 7) is 2.39. The molecule has 0 spiro atoms. The summed E-state index contributed by atoms with van der Waals surface area (Å²) in [5.74, 6) is -0.470. The van der Waals surface area contributed by atoms with Gasteiger partial charge in [0.1, 0.15) is 0 Å². The van der Waals surface area contributed by atoms with Crippen molar-refractivity contribution in [3.63, 3.8) is 0 Å². The van der Waals surface area contributed by atoms with E-state index in [1.165, 1.54) is 0 Å². The van der Waals surface area contributed by atoms with Crippen molar-refractivity contribution in [3.05, 3.63) is 58.6 Å². The molecule has 1 aliphatic heterocycles. The van der Waals surface area contributed by atoms with Gasteiger partial charge in [0.15, 0.2) is 0 Å². The highest BCUT2D eigenvalue weighted by Crippen LogP contribution is 2.29. The van der Waals surface area contributed by atoms with Crippen molar-refractivity contribution in [2.24, 2.45) is 5.92 Å². The summed E-state index contributed by atoms with van der Waals surface area (Å²) >= 11 is 3.41. The molecular formula is C18H17BrN2O2. The van der Waals surface area contributed by atoms with Gasteiger partial charge in [-0.2, -0.15) is 0 Å². The molecule has 2 amide bonds. The Morgan fingerprint density at radius 1 is 1.17 bits per heavy atom. The Labute approximate surface area is 143 Å². The maximum absolute atomic E-state index is 12.5. The van der Waals surface area contributed by atoms with Crippen LogP contribution in [-0.2, 0) is 9.59 Å². The van der Waals surface area contributed by atoms with Gasteiger partial charge in [0, 0.05) is 23.1 Å². The number of hydrogen-bond acceptors (Lipinski definition) is 2. The van der Waals surface area contributed by atoms with Crippen molar-refractivity contribution in [2.75, 3.05) is 16.8 Å². The van der Waals surface area contributed by atoms with Crippen LogP contribution in [0.2, 0.25) is 0 Å². The van der Waals surface area contributed by atoms with Gasteiger partial charge in [0.25, 0.3) is 0 Å². The van der Waals surface area contributed by atoms with E-state index in [0.717, 1.165) is 21.4 Å². The van der Waals surface area contributed by atoms with Crippen molar-refractivity contribution >= 4 is 39.1 Å². The van der Waals surface area contributed by atoms with Crippen LogP contribution in [0.3, 0.4) is 0 Å². The van der Waals surface area contributed by atoms with Gasteiger partial charge in [-0.25, -0.2) is 0 Å². The maximum atomic E-state index is 12.5. The van der Waals surface area contributed by atoms with Gasteiger partial charge >= 0.3 is 0 Å². The molecule has 1 N–H and O–H groups in total. The molecule has 2 aromatic rings. The van der Waals surface area contributed by atoms with E-state index in [4.69, 9.17) is 0 Å². The largest absolute Gasteiger partial charge is 0.325 e. The first-order valence-corrected chi connectivity index (χ1v) is 8.27. The Kier molecular flexibility index (Phi) is 4.48. The van der Waals surface area contributed by atoms with Gasteiger partial charge < -0.3 is 10.2 Å². The lowest BCUT2D eigenvalue weighted by atomic mass is 10.1. The third kappa shape index (κ3) is 3.29. The summed E-state index contributed by atoms with van der Waals surface area (Å²) in [5.41, 5.74) is 2.64. The Morgan fingerprint density at radius 3 is 2.61 bits per heavy atom. The van der Waals surface area contributed by atoms with E-state index in [1.54, 1.807) is 4.90 Å². The van der Waals surface area contributed by atoms with Gasteiger partial charge in [0.05, 0.1) is 11.6 Å². The van der Waals surface area contributed by atoms with Crippen LogP contribution in [-0.4, -0.2) is 18.4 Å². The Morgan fingerprint density at radius 2 is 1.87 bits per heavy atom. The highest BCUT2D eigenvalue weighted by atomic mass is 79.9. The highest BCUT2D eigenvalue weighted by molar-refractivity contribution is 9.10. The number of benzene rings is 2. The SMILES string of the molecule is Cc1ccccc1N1C[C@H](C(=O)Nc2ccccc2Br)CC1=O. The lowest BCUT2D eigenvalue weighted by molar-refractivity contribution is -0.122. The van der Waals surface area contributed by atoms with Crippen LogP contribution in [0, 0.1) is 12.8 Å². The Hall–Kier alpha value is -2.14. The molecule has 2 aromatic carbocycles. The minimum atomic E-state index is -0.339. The van der Waals surface area contributed by atoms with Crippen LogP contribution in [0.15, 0.2) is 53.0 Å². The minimum absolute atomic E-state index is 0.00780. The highest BCUT2D eigenvalue weighted by Gasteiger charge is 2.35. The number of halogens is 1. The average Bonchev–Trinajstić information content (AvgIpc) is 2.92. The molecule has 3 rings (SSSR count). The fourth-order valence-corrected chi connectivity index (χ4v) is 3.16. The molecule has 23 heavy (non-hydrogen) atoms. The van der Waals surface area contributed by atoms with Crippen LogP contribution in [0.4, 0.5) is 11.4 Å². The van der Waals surface area contributed by atoms with Gasteiger partial charge in [-0.3, -0.25) is 9.59 Å². The standard InChI is InChI=1S/C18H17BrN2O2/c1-12-6-2-5-9-16(12)21-11-13(10-17(21)22)18(23)20-15-8-4-3-7-14(15)19/h2-9,13H,10-11H2,1H3,(H,20,23)/t13-/m1/s1. The second kappa shape index (κ2) is 6.54. The van der Waals surface area contributed by atoms with Gasteiger partial charge in [-0.05, 0) is 46.6 Å². The second-order valence-electron chi connectivity index (χ2n) is 5.66. The van der Waals surface area contributed by atoms with Crippen molar-refractivity contribution in [1.82, 2.24) is 0 Å². The molecule has 0 unspecified atom stereocenters. The number of hydrogen-bond donors (Lipinski definition) is 1. The molecule has 1 fully saturated rings. The van der Waals surface area contributed by atoms with Crippen LogP contribution >= 0.6 is 15.9 Å². The Balaban J connectivity index is 1.74. The fourth-order valence-electron chi connectivity index (χ4n) is 2.78. The van der Waals surface area contributed by atoms with E-state index >= 15 is 0 Å². The van der Waals surface area contributed by atoms with E-state index in [0.29, 0.717) is 6.54 Å². The molecule has 1 saturated heterocycles. The zero-order chi connectivity index (χ0) is 16.4. The monoisotopic (exact) mass is 372 g/mol. The molecule has 0 bridgehead atoms. The Bertz CT molecular complexity index is 760. The average molecular weight is 373 g/mol. The predicted octanol–water partition coefficient (Wildman–Crippen LogP) is 3.75. The zero-order valence-corrected chi connectivity index (χ0v) is 14.3. The molecular weight excluding hydrogens is 356 g/mol. The summed E-state index contributed by atoms with van der Waals surface area (Å²) in [4.78, 5) is 26.5. The topological polar surface area (TPSA) is 49.4 Å². The van der Waals surface area contributed by atoms with Crippen LogP contribution in [0.5, 0.6) is 0 Å². The van der Waals surface area contributed by atoms with E-state index < -0.39 is 0 Å². The quantitative estimate of drug-likeness (QED) is 0.891. The maximum Gasteiger partial charge on any atom is 0.229 e. The zero-order valence-electron chi connectivity index (χ0n) is 12.8. The normalized spacial score (nSPS) is 17.4. The summed E-state index contributed by atoms with van der Waals surface area (Å²) in [7, 11) is 0. The van der Waals surface area contributed by atoms with E-state index in [9.17, 15) is 9.59 Å². The number of anilines is 2. The molecule has 5 heteroatoms. The first-order valence-electron chi connectivity index (χ1n) is 7.47. The lowest BCUT2D eigenvalue weighted by Gasteiger charge is -2.19. The predicted molar refractivity (Wildman–Crippen MR) is 94.4 cm³/mol. The number of nitrogens with zero attached hydrogens (tertiary/aromatic N) is 1. The molecule has 0 saturated carbocycles. The smallest absolute Gasteiger partial charge is 0.229 e. The first kappa shape index (κ1) is 15.7. The van der Waals surface area contributed by atoms with Crippen molar-refractivity contribution in [2.45, 2.75) is 13.3 Å². The van der Waals surface area contributed by atoms with Crippen molar-refractivity contribution in [1.29, 1.82) is 0 Å². The molecule has 1 aliphatic rings. The van der Waals surface area contributed by atoms with Crippen LogP contribution in [0.1, 0.15) is 12.0 Å². The number of carbonyl (C=O) groups excluding carboxylic acids is 2. The van der Waals surface area contributed by atoms with Crippen molar-refractivity contribution in [3.8, 4) is 0 Å². The van der Waals surface area contributed by atoms with Crippen LogP contribution in [0.25, 0.3) is 0 Å². The van der Waals surface area contributed by atoms with Gasteiger partial charge in [-0.1, -0.05) is 30.3 Å². The molecule has 0 radical (unpaired) electrons. The molecule has 4 nitrogen and oxygen atoms in total. The first-order chi connectivity index (χ1) is 11.1. The molecule has 1 atom stereocenters. The summed E-state index contributed by atoms with van der Waals surface area (Å²) < 4.78 is 0.827. The number of para-hydroxylation sites is 2. The van der Waals surface area contributed by atoms with E-state index in [2.05, 4.69) is 21.2 Å². The third-order valence-corrected chi connectivity index (χ3v) is 4.73. The third-order valence-electron chi connectivity index (χ3n) is 4.03. The van der Waals surface area contributed by atoms with Crippen LogP contribution < -0.4 is 10.2 Å². The number of nitrogens with one attached hydrogen (secondary N) is 1. The number of carbonyl (C=O) groups is 2. The van der Waals surface area contributed by atoms with Crippen molar-refractivity contribution < 1.29 is 9.59 Å².